The molecule has 34 heavy (non-hydrogen) atoms. The van der Waals surface area contributed by atoms with Crippen molar-refractivity contribution in [1.29, 1.82) is 0 Å². The molecule has 1 heterocycles. The monoisotopic (exact) mass is 488 g/mol. The van der Waals surface area contributed by atoms with Gasteiger partial charge in [-0.1, -0.05) is 43.3 Å². The van der Waals surface area contributed by atoms with E-state index in [1.165, 1.54) is 6.92 Å². The molecule has 6 nitrogen and oxygen atoms in total. The zero-order chi connectivity index (χ0) is 24.7. The van der Waals surface area contributed by atoms with Crippen molar-refractivity contribution in [2.24, 2.45) is 5.92 Å². The molecule has 2 aromatic carbocycles. The van der Waals surface area contributed by atoms with E-state index in [0.29, 0.717) is 37.4 Å². The van der Waals surface area contributed by atoms with Gasteiger partial charge in [0.2, 0.25) is 5.91 Å². The summed E-state index contributed by atoms with van der Waals surface area (Å²) >= 11 is 0. The molecular formula is C26H33FN2O4S. The van der Waals surface area contributed by atoms with Crippen molar-refractivity contribution in [2.75, 3.05) is 25.1 Å². The molecule has 0 saturated carbocycles. The van der Waals surface area contributed by atoms with Crippen LogP contribution in [0.2, 0.25) is 0 Å². The SMILES string of the molecule is CC(=O)NC[C@H]1CC(C(C)c2ccc(-c3ccc(CNCCS(C)=O)cc3)c(F)c2)CC(=O)O1. The molecule has 2 N–H and O–H groups in total. The number of rotatable bonds is 10. The number of amides is 1. The number of carbonyl (C=O) groups excluding carboxylic acids is 2. The summed E-state index contributed by atoms with van der Waals surface area (Å²) in [4.78, 5) is 23.3. The first-order valence-electron chi connectivity index (χ1n) is 11.6. The first kappa shape index (κ1) is 26.0. The molecule has 184 valence electrons. The molecule has 1 aliphatic heterocycles. The number of hydrogen-bond donors (Lipinski definition) is 2. The van der Waals surface area contributed by atoms with Crippen molar-refractivity contribution in [2.45, 2.75) is 45.3 Å². The minimum atomic E-state index is -0.811. The smallest absolute Gasteiger partial charge is 0.306 e. The molecule has 0 aromatic heterocycles. The van der Waals surface area contributed by atoms with E-state index in [9.17, 15) is 13.8 Å². The van der Waals surface area contributed by atoms with Gasteiger partial charge in [0.15, 0.2) is 0 Å². The van der Waals surface area contributed by atoms with E-state index in [4.69, 9.17) is 4.74 Å². The molecule has 0 radical (unpaired) electrons. The Labute approximate surface area is 203 Å². The fraction of sp³-hybridized carbons (Fsp3) is 0.462. The molecule has 3 rings (SSSR count). The van der Waals surface area contributed by atoms with Gasteiger partial charge in [-0.25, -0.2) is 4.39 Å². The van der Waals surface area contributed by atoms with Crippen LogP contribution in [0.1, 0.15) is 43.7 Å². The van der Waals surface area contributed by atoms with Crippen LogP contribution < -0.4 is 10.6 Å². The lowest BCUT2D eigenvalue weighted by Gasteiger charge is -2.32. The van der Waals surface area contributed by atoms with Gasteiger partial charge in [-0.2, -0.15) is 0 Å². The van der Waals surface area contributed by atoms with Crippen LogP contribution in [0.15, 0.2) is 42.5 Å². The maximum Gasteiger partial charge on any atom is 0.306 e. The molecular weight excluding hydrogens is 455 g/mol. The van der Waals surface area contributed by atoms with E-state index in [1.54, 1.807) is 18.4 Å². The normalized spacial score (nSPS) is 19.8. The summed E-state index contributed by atoms with van der Waals surface area (Å²) in [5, 5.41) is 5.95. The number of carbonyl (C=O) groups is 2. The van der Waals surface area contributed by atoms with Gasteiger partial charge < -0.3 is 15.4 Å². The van der Waals surface area contributed by atoms with Crippen molar-refractivity contribution in [3.8, 4) is 11.1 Å². The molecule has 0 aliphatic carbocycles. The van der Waals surface area contributed by atoms with Crippen LogP contribution in [0.4, 0.5) is 4.39 Å². The Morgan fingerprint density at radius 1 is 1.24 bits per heavy atom. The number of ether oxygens (including phenoxy) is 1. The summed E-state index contributed by atoms with van der Waals surface area (Å²) < 4.78 is 31.6. The Morgan fingerprint density at radius 2 is 1.97 bits per heavy atom. The Kier molecular flexibility index (Phi) is 9.36. The highest BCUT2D eigenvalue weighted by Gasteiger charge is 2.32. The Balaban J connectivity index is 1.64. The average Bonchev–Trinajstić information content (AvgIpc) is 2.80. The van der Waals surface area contributed by atoms with Crippen LogP contribution in [0.3, 0.4) is 0 Å². The zero-order valence-electron chi connectivity index (χ0n) is 19.9. The van der Waals surface area contributed by atoms with Crippen molar-refractivity contribution in [1.82, 2.24) is 10.6 Å². The largest absolute Gasteiger partial charge is 0.460 e. The number of benzene rings is 2. The maximum absolute atomic E-state index is 15.1. The van der Waals surface area contributed by atoms with Gasteiger partial charge in [0.25, 0.3) is 0 Å². The number of nitrogens with one attached hydrogen (secondary N) is 2. The van der Waals surface area contributed by atoms with Crippen molar-refractivity contribution >= 4 is 22.7 Å². The second-order valence-corrected chi connectivity index (χ2v) is 10.5. The van der Waals surface area contributed by atoms with E-state index in [-0.39, 0.29) is 42.1 Å². The van der Waals surface area contributed by atoms with Crippen LogP contribution in [0.25, 0.3) is 11.1 Å². The highest BCUT2D eigenvalue weighted by Crippen LogP contribution is 2.36. The third-order valence-corrected chi connectivity index (χ3v) is 7.04. The molecule has 3 unspecified atom stereocenters. The minimum absolute atomic E-state index is 0.0159. The Bertz CT molecular complexity index is 1030. The molecule has 0 bridgehead atoms. The van der Waals surface area contributed by atoms with Crippen molar-refractivity contribution < 1.29 is 22.9 Å². The van der Waals surface area contributed by atoms with E-state index < -0.39 is 10.8 Å². The Morgan fingerprint density at radius 3 is 2.62 bits per heavy atom. The summed E-state index contributed by atoms with van der Waals surface area (Å²) in [6.07, 6.45) is 2.23. The lowest BCUT2D eigenvalue weighted by atomic mass is 9.80. The van der Waals surface area contributed by atoms with Gasteiger partial charge in [0.1, 0.15) is 11.9 Å². The van der Waals surface area contributed by atoms with Crippen LogP contribution in [0, 0.1) is 11.7 Å². The first-order valence-corrected chi connectivity index (χ1v) is 13.3. The highest BCUT2D eigenvalue weighted by molar-refractivity contribution is 7.84. The molecule has 1 aliphatic rings. The predicted octanol–water partition coefficient (Wildman–Crippen LogP) is 3.52. The minimum Gasteiger partial charge on any atom is -0.460 e. The third kappa shape index (κ3) is 7.46. The fourth-order valence-corrected chi connectivity index (χ4v) is 4.68. The number of hydrogen-bond acceptors (Lipinski definition) is 5. The van der Waals surface area contributed by atoms with Gasteiger partial charge in [-0.3, -0.25) is 13.8 Å². The van der Waals surface area contributed by atoms with Crippen LogP contribution in [0.5, 0.6) is 0 Å². The number of cyclic esters (lactones) is 1. The summed E-state index contributed by atoms with van der Waals surface area (Å²) in [6, 6.07) is 13.0. The van der Waals surface area contributed by atoms with Gasteiger partial charge in [0, 0.05) is 54.8 Å². The quantitative estimate of drug-likeness (QED) is 0.395. The molecule has 1 amide bonds. The topological polar surface area (TPSA) is 84.5 Å². The van der Waals surface area contributed by atoms with Crippen LogP contribution in [-0.2, 0) is 31.7 Å². The van der Waals surface area contributed by atoms with Crippen LogP contribution >= 0.6 is 0 Å². The second-order valence-electron chi connectivity index (χ2n) is 8.93. The highest BCUT2D eigenvalue weighted by atomic mass is 32.2. The van der Waals surface area contributed by atoms with E-state index in [1.807, 2.05) is 37.3 Å². The van der Waals surface area contributed by atoms with Crippen LogP contribution in [-0.4, -0.2) is 47.3 Å². The molecule has 4 atom stereocenters. The van der Waals surface area contributed by atoms with E-state index >= 15 is 4.39 Å². The second kappa shape index (κ2) is 12.2. The van der Waals surface area contributed by atoms with Gasteiger partial charge in [-0.05, 0) is 41.0 Å². The summed E-state index contributed by atoms with van der Waals surface area (Å²) in [5.74, 6) is -0.139. The molecule has 8 heteroatoms. The summed E-state index contributed by atoms with van der Waals surface area (Å²) in [7, 11) is -0.811. The molecule has 2 aromatic rings. The maximum atomic E-state index is 15.1. The Hall–Kier alpha value is -2.58. The zero-order valence-corrected chi connectivity index (χ0v) is 20.8. The number of esters is 1. The predicted molar refractivity (Wildman–Crippen MR) is 132 cm³/mol. The average molecular weight is 489 g/mol. The van der Waals surface area contributed by atoms with Gasteiger partial charge in [0.05, 0.1) is 6.54 Å². The standard InChI is InChI=1S/C26H33FN2O4S/c1-17(22-12-23(16-29-18(2)30)33-26(31)14-22)21-8-9-24(25(27)13-21)20-6-4-19(5-7-20)15-28-10-11-34(3)32/h4-9,13,17,22-23,28H,10-12,14-16H2,1-3H3,(H,29,30)/t17?,22?,23-,34?/m1/s1. The lowest BCUT2D eigenvalue weighted by Crippen LogP contribution is -2.39. The summed E-state index contributed by atoms with van der Waals surface area (Å²) in [6.45, 7) is 5.08. The first-order chi connectivity index (χ1) is 16.2. The van der Waals surface area contributed by atoms with Crippen molar-refractivity contribution in [3.63, 3.8) is 0 Å². The molecule has 1 fully saturated rings. The lowest BCUT2D eigenvalue weighted by molar-refractivity contribution is -0.157. The van der Waals surface area contributed by atoms with Gasteiger partial charge >= 0.3 is 5.97 Å². The van der Waals surface area contributed by atoms with Crippen molar-refractivity contribution in [3.05, 3.63) is 59.4 Å². The fourth-order valence-electron chi connectivity index (χ4n) is 4.25. The number of halogens is 1. The third-order valence-electron chi connectivity index (χ3n) is 6.26. The van der Waals surface area contributed by atoms with Gasteiger partial charge in [-0.15, -0.1) is 0 Å². The molecule has 0 spiro atoms. The summed E-state index contributed by atoms with van der Waals surface area (Å²) in [5.41, 5.74) is 3.25. The van der Waals surface area contributed by atoms with E-state index in [2.05, 4.69) is 10.6 Å². The molecule has 1 saturated heterocycles. The van der Waals surface area contributed by atoms with E-state index in [0.717, 1.165) is 16.7 Å².